The highest BCUT2D eigenvalue weighted by Gasteiger charge is 2.19. The molecule has 2 nitrogen and oxygen atoms in total. The Hall–Kier alpha value is -7.42. The van der Waals surface area contributed by atoms with Crippen LogP contribution in [-0.4, -0.2) is 0 Å². The zero-order valence-electron chi connectivity index (χ0n) is 30.7. The van der Waals surface area contributed by atoms with Crippen molar-refractivity contribution in [1.29, 1.82) is 0 Å². The second kappa shape index (κ2) is 14.4. The Balaban J connectivity index is 1.02. The van der Waals surface area contributed by atoms with Crippen molar-refractivity contribution < 1.29 is 4.42 Å². The highest BCUT2D eigenvalue weighted by atomic mass is 16.3. The monoisotopic (exact) mass is 715 g/mol. The van der Waals surface area contributed by atoms with Gasteiger partial charge in [-0.25, -0.2) is 0 Å². The van der Waals surface area contributed by atoms with Gasteiger partial charge in [0.1, 0.15) is 11.2 Å². The van der Waals surface area contributed by atoms with Gasteiger partial charge in [0, 0.05) is 33.4 Å². The summed E-state index contributed by atoms with van der Waals surface area (Å²) in [7, 11) is 0. The van der Waals surface area contributed by atoms with Gasteiger partial charge in [0.05, 0.1) is 0 Å². The van der Waals surface area contributed by atoms with Gasteiger partial charge in [-0.15, -0.1) is 0 Å². The molecule has 0 radical (unpaired) electrons. The Bertz CT molecular complexity index is 2920. The molecule has 9 aromatic carbocycles. The van der Waals surface area contributed by atoms with E-state index in [4.69, 9.17) is 4.42 Å². The summed E-state index contributed by atoms with van der Waals surface area (Å²) in [6.45, 7) is 0. The zero-order valence-corrected chi connectivity index (χ0v) is 30.7. The number of para-hydroxylation sites is 2. The molecule has 0 unspecified atom stereocenters. The quantitative estimate of drug-likeness (QED) is 0.156. The van der Waals surface area contributed by atoms with Crippen LogP contribution in [0.15, 0.2) is 229 Å². The summed E-state index contributed by atoms with van der Waals surface area (Å²) in [6.07, 6.45) is 0. The normalized spacial score (nSPS) is 11.2. The van der Waals surface area contributed by atoms with Crippen LogP contribution in [0.25, 0.3) is 77.6 Å². The number of hydrogen-bond acceptors (Lipinski definition) is 2. The molecule has 56 heavy (non-hydrogen) atoms. The summed E-state index contributed by atoms with van der Waals surface area (Å²) >= 11 is 0. The first-order valence-electron chi connectivity index (χ1n) is 19.1. The average Bonchev–Trinajstić information content (AvgIpc) is 3.68. The minimum absolute atomic E-state index is 0.894. The fourth-order valence-electron chi connectivity index (χ4n) is 7.98. The lowest BCUT2D eigenvalue weighted by atomic mass is 9.91. The molecule has 0 aliphatic carbocycles. The Kier molecular flexibility index (Phi) is 8.55. The number of anilines is 3. The van der Waals surface area contributed by atoms with E-state index < -0.39 is 0 Å². The second-order valence-corrected chi connectivity index (χ2v) is 14.1. The summed E-state index contributed by atoms with van der Waals surface area (Å²) < 4.78 is 6.57. The van der Waals surface area contributed by atoms with Crippen LogP contribution >= 0.6 is 0 Å². The van der Waals surface area contributed by atoms with Gasteiger partial charge in [-0.05, 0) is 105 Å². The molecule has 0 saturated heterocycles. The molecule has 2 heteroatoms. The molecule has 10 aromatic rings. The first-order valence-corrected chi connectivity index (χ1v) is 19.1. The van der Waals surface area contributed by atoms with Gasteiger partial charge in [0.15, 0.2) is 0 Å². The van der Waals surface area contributed by atoms with E-state index in [0.717, 1.165) is 61.3 Å². The summed E-state index contributed by atoms with van der Waals surface area (Å²) in [5.74, 6) is 0. The highest BCUT2D eigenvalue weighted by molar-refractivity contribution is 6.16. The number of furan rings is 1. The molecule has 0 bridgehead atoms. The van der Waals surface area contributed by atoms with E-state index in [2.05, 4.69) is 223 Å². The molecule has 0 amide bonds. The van der Waals surface area contributed by atoms with Gasteiger partial charge in [-0.3, -0.25) is 0 Å². The maximum absolute atomic E-state index is 6.57. The molecule has 0 fully saturated rings. The predicted octanol–water partition coefficient (Wildman–Crippen LogP) is 15.4. The SMILES string of the molecule is c1ccc(-c2ccc(-c3ccc(N(c4ccccc4)c4ccc(-c5ccc(-c6ccccc6)c6oc7ccccc7c56)cc4)cc3)cc2-c2ccccc2)cc1. The molecule has 0 saturated carbocycles. The Labute approximate surface area is 327 Å². The van der Waals surface area contributed by atoms with E-state index >= 15 is 0 Å². The molecule has 0 aliphatic heterocycles. The van der Waals surface area contributed by atoms with Crippen molar-refractivity contribution in [1.82, 2.24) is 0 Å². The highest BCUT2D eigenvalue weighted by Crippen LogP contribution is 2.43. The molecular weight excluding hydrogens is 679 g/mol. The summed E-state index contributed by atoms with van der Waals surface area (Å²) in [5.41, 5.74) is 16.8. The van der Waals surface area contributed by atoms with E-state index in [-0.39, 0.29) is 0 Å². The fourth-order valence-corrected chi connectivity index (χ4v) is 7.98. The molecule has 10 rings (SSSR count). The molecule has 264 valence electrons. The number of fused-ring (bicyclic) bond motifs is 3. The smallest absolute Gasteiger partial charge is 0.143 e. The van der Waals surface area contributed by atoms with Crippen molar-refractivity contribution in [2.75, 3.05) is 4.90 Å². The molecule has 0 N–H and O–H groups in total. The van der Waals surface area contributed by atoms with Crippen LogP contribution in [0.5, 0.6) is 0 Å². The van der Waals surface area contributed by atoms with Gasteiger partial charge >= 0.3 is 0 Å². The summed E-state index contributed by atoms with van der Waals surface area (Å²) in [4.78, 5) is 2.32. The third-order valence-electron chi connectivity index (χ3n) is 10.7. The van der Waals surface area contributed by atoms with Gasteiger partial charge in [-0.2, -0.15) is 0 Å². The van der Waals surface area contributed by atoms with Crippen LogP contribution in [0, 0.1) is 0 Å². The maximum Gasteiger partial charge on any atom is 0.143 e. The van der Waals surface area contributed by atoms with Crippen LogP contribution in [0.4, 0.5) is 17.1 Å². The Morgan fingerprint density at radius 2 is 0.714 bits per heavy atom. The van der Waals surface area contributed by atoms with Crippen LogP contribution in [0.2, 0.25) is 0 Å². The molecule has 1 heterocycles. The van der Waals surface area contributed by atoms with Crippen molar-refractivity contribution in [2.24, 2.45) is 0 Å². The number of hydrogen-bond donors (Lipinski definition) is 0. The topological polar surface area (TPSA) is 16.4 Å². The minimum Gasteiger partial charge on any atom is -0.455 e. The van der Waals surface area contributed by atoms with E-state index in [0.29, 0.717) is 0 Å². The molecule has 1 aromatic heterocycles. The minimum atomic E-state index is 0.894. The number of rotatable bonds is 8. The van der Waals surface area contributed by atoms with Crippen molar-refractivity contribution in [2.45, 2.75) is 0 Å². The Morgan fingerprint density at radius 1 is 0.286 bits per heavy atom. The van der Waals surface area contributed by atoms with Crippen LogP contribution in [0.3, 0.4) is 0 Å². The average molecular weight is 716 g/mol. The number of benzene rings is 9. The third kappa shape index (κ3) is 6.14. The van der Waals surface area contributed by atoms with Gasteiger partial charge in [0.25, 0.3) is 0 Å². The van der Waals surface area contributed by atoms with Crippen LogP contribution in [-0.2, 0) is 0 Å². The fraction of sp³-hybridized carbons (Fsp3) is 0. The molecule has 0 atom stereocenters. The van der Waals surface area contributed by atoms with Gasteiger partial charge in [-0.1, -0.05) is 170 Å². The molecule has 0 aliphatic rings. The lowest BCUT2D eigenvalue weighted by Crippen LogP contribution is -2.09. The van der Waals surface area contributed by atoms with Crippen molar-refractivity contribution >= 4 is 39.0 Å². The third-order valence-corrected chi connectivity index (χ3v) is 10.7. The first-order chi connectivity index (χ1) is 27.8. The van der Waals surface area contributed by atoms with Crippen LogP contribution < -0.4 is 4.90 Å². The van der Waals surface area contributed by atoms with Crippen molar-refractivity contribution in [3.63, 3.8) is 0 Å². The largest absolute Gasteiger partial charge is 0.455 e. The van der Waals surface area contributed by atoms with Crippen molar-refractivity contribution in [3.05, 3.63) is 224 Å². The zero-order chi connectivity index (χ0) is 37.3. The van der Waals surface area contributed by atoms with E-state index in [1.807, 2.05) is 6.07 Å². The second-order valence-electron chi connectivity index (χ2n) is 14.1. The molecule has 0 spiro atoms. The number of nitrogens with zero attached hydrogens (tertiary/aromatic N) is 1. The van der Waals surface area contributed by atoms with Gasteiger partial charge < -0.3 is 9.32 Å². The van der Waals surface area contributed by atoms with E-state index in [9.17, 15) is 0 Å². The molecular formula is C54H37NO. The first kappa shape index (κ1) is 33.2. The van der Waals surface area contributed by atoms with E-state index in [1.54, 1.807) is 0 Å². The lowest BCUT2D eigenvalue weighted by molar-refractivity contribution is 0.670. The Morgan fingerprint density at radius 3 is 1.34 bits per heavy atom. The summed E-state index contributed by atoms with van der Waals surface area (Å²) in [5, 5.41) is 2.26. The van der Waals surface area contributed by atoms with Crippen molar-refractivity contribution in [3.8, 4) is 55.6 Å². The summed E-state index contributed by atoms with van der Waals surface area (Å²) in [6, 6.07) is 79.9. The van der Waals surface area contributed by atoms with E-state index in [1.165, 1.54) is 33.4 Å². The van der Waals surface area contributed by atoms with Crippen LogP contribution in [0.1, 0.15) is 0 Å². The predicted molar refractivity (Wildman–Crippen MR) is 236 cm³/mol. The lowest BCUT2D eigenvalue weighted by Gasteiger charge is -2.26. The standard InChI is InChI=1S/C54H37NO/c1-5-15-39(16-6-1)47-34-29-43(37-51(47)41-19-9-3-10-20-41)38-25-30-45(31-26-38)55(44-21-11-4-12-22-44)46-32-27-42(28-33-46)48-35-36-49(40-17-7-2-8-18-40)54-53(48)50-23-13-14-24-52(50)56-54/h1-37H. The van der Waals surface area contributed by atoms with Gasteiger partial charge in [0.2, 0.25) is 0 Å². The maximum atomic E-state index is 6.57.